The summed E-state index contributed by atoms with van der Waals surface area (Å²) in [4.78, 5) is 16.2. The average molecular weight is 530 g/mol. The van der Waals surface area contributed by atoms with Crippen LogP contribution >= 0.6 is 0 Å². The van der Waals surface area contributed by atoms with Gasteiger partial charge in [0.15, 0.2) is 13.9 Å². The van der Waals surface area contributed by atoms with Gasteiger partial charge in [-0.05, 0) is 45.0 Å². The number of anilines is 3. The lowest BCUT2D eigenvalue weighted by Crippen LogP contribution is -2.77. The number of rotatable bonds is 5. The van der Waals surface area contributed by atoms with E-state index in [0.29, 0.717) is 11.1 Å². The molecule has 0 atom stereocenters. The molecule has 1 heterocycles. The van der Waals surface area contributed by atoms with Crippen molar-refractivity contribution in [2.45, 2.75) is 0 Å². The van der Waals surface area contributed by atoms with E-state index in [0.717, 1.165) is 17.1 Å². The number of para-hydroxylation sites is 3. The fraction of sp³-hybridized carbons (Fsp3) is 0. The predicted octanol–water partition coefficient (Wildman–Crippen LogP) is 6.08. The summed E-state index contributed by atoms with van der Waals surface area (Å²) in [5, 5.41) is 5.31. The van der Waals surface area contributed by atoms with Gasteiger partial charge in [-0.2, -0.15) is 0 Å². The van der Waals surface area contributed by atoms with Gasteiger partial charge >= 0.3 is 0 Å². The Morgan fingerprint density at radius 3 is 1.35 bits per heavy atom. The average Bonchev–Trinajstić information content (AvgIpc) is 3.04. The summed E-state index contributed by atoms with van der Waals surface area (Å²) >= 11 is 0. The Labute approximate surface area is 235 Å². The van der Waals surface area contributed by atoms with Crippen LogP contribution in [0.25, 0.3) is 0 Å². The molecule has 1 aliphatic rings. The summed E-state index contributed by atoms with van der Waals surface area (Å²) in [6, 6.07) is 57.0. The van der Waals surface area contributed by atoms with Gasteiger partial charge in [0.05, 0.1) is 5.69 Å². The van der Waals surface area contributed by atoms with Crippen molar-refractivity contribution in [1.82, 2.24) is 0 Å². The maximum absolute atomic E-state index is 13.9. The number of benzene rings is 6. The standard InChI is InChI=1S/C37H27NOSi/c39-37(28-16-4-1-5-17-28)31-22-10-11-23-32(31)38-33-24-12-14-26-35(33)40(29-18-6-2-7-19-29,30-20-8-3-9-21-30)36-27-15-13-25-34(36)38/h1-27H. The molecule has 0 radical (unpaired) electrons. The van der Waals surface area contributed by atoms with Crippen LogP contribution < -0.4 is 25.6 Å². The third-order valence-corrected chi connectivity index (χ3v) is 12.8. The first-order valence-corrected chi connectivity index (χ1v) is 15.6. The Morgan fingerprint density at radius 2 is 0.825 bits per heavy atom. The van der Waals surface area contributed by atoms with Crippen LogP contribution in [0.15, 0.2) is 164 Å². The van der Waals surface area contributed by atoms with Crippen molar-refractivity contribution in [2.75, 3.05) is 4.90 Å². The summed E-state index contributed by atoms with van der Waals surface area (Å²) < 4.78 is 0. The van der Waals surface area contributed by atoms with Crippen molar-refractivity contribution in [3.63, 3.8) is 0 Å². The number of carbonyl (C=O) groups is 1. The molecule has 0 aliphatic carbocycles. The van der Waals surface area contributed by atoms with Crippen LogP contribution in [-0.4, -0.2) is 13.9 Å². The van der Waals surface area contributed by atoms with E-state index >= 15 is 0 Å². The van der Waals surface area contributed by atoms with Crippen LogP contribution in [0.4, 0.5) is 17.1 Å². The molecular weight excluding hydrogens is 502 g/mol. The summed E-state index contributed by atoms with van der Waals surface area (Å²) in [5.74, 6) is 0.0198. The lowest BCUT2D eigenvalue weighted by Gasteiger charge is -2.45. The topological polar surface area (TPSA) is 20.3 Å². The monoisotopic (exact) mass is 529 g/mol. The van der Waals surface area contributed by atoms with Gasteiger partial charge in [-0.15, -0.1) is 0 Å². The first kappa shape index (κ1) is 24.1. The van der Waals surface area contributed by atoms with Crippen molar-refractivity contribution in [3.8, 4) is 0 Å². The Balaban J connectivity index is 1.56. The zero-order chi connectivity index (χ0) is 26.9. The van der Waals surface area contributed by atoms with E-state index < -0.39 is 8.07 Å². The molecule has 0 saturated heterocycles. The minimum Gasteiger partial charge on any atom is -0.310 e. The maximum atomic E-state index is 13.9. The van der Waals surface area contributed by atoms with E-state index in [1.54, 1.807) is 0 Å². The van der Waals surface area contributed by atoms with Gasteiger partial charge in [-0.1, -0.05) is 140 Å². The number of fused-ring (bicyclic) bond motifs is 2. The Bertz CT molecular complexity index is 1730. The first-order valence-electron chi connectivity index (χ1n) is 13.6. The highest BCUT2D eigenvalue weighted by atomic mass is 28.3. The number of hydrogen-bond donors (Lipinski definition) is 0. The minimum atomic E-state index is -2.69. The molecule has 0 aromatic heterocycles. The predicted molar refractivity (Wildman–Crippen MR) is 168 cm³/mol. The third kappa shape index (κ3) is 3.67. The smallest absolute Gasteiger partial charge is 0.195 e. The van der Waals surface area contributed by atoms with Crippen LogP contribution in [-0.2, 0) is 0 Å². The molecule has 1 aliphatic heterocycles. The van der Waals surface area contributed by atoms with Crippen molar-refractivity contribution >= 4 is 51.7 Å². The second-order valence-corrected chi connectivity index (χ2v) is 13.8. The molecule has 0 fully saturated rings. The fourth-order valence-electron chi connectivity index (χ4n) is 6.28. The van der Waals surface area contributed by atoms with Gasteiger partial charge in [0.1, 0.15) is 0 Å². The maximum Gasteiger partial charge on any atom is 0.195 e. The number of nitrogens with zero attached hydrogens (tertiary/aromatic N) is 1. The van der Waals surface area contributed by atoms with E-state index in [4.69, 9.17) is 0 Å². The van der Waals surface area contributed by atoms with Crippen LogP contribution in [0.2, 0.25) is 0 Å². The van der Waals surface area contributed by atoms with Crippen molar-refractivity contribution < 1.29 is 4.79 Å². The van der Waals surface area contributed by atoms with Crippen LogP contribution in [0.3, 0.4) is 0 Å². The van der Waals surface area contributed by atoms with Crippen molar-refractivity contribution in [1.29, 1.82) is 0 Å². The molecule has 6 aromatic carbocycles. The zero-order valence-corrected chi connectivity index (χ0v) is 22.9. The van der Waals surface area contributed by atoms with E-state index in [1.165, 1.54) is 20.7 Å². The molecule has 6 aromatic rings. The summed E-state index contributed by atoms with van der Waals surface area (Å²) in [6.07, 6.45) is 0. The van der Waals surface area contributed by atoms with Gasteiger partial charge in [0, 0.05) is 22.5 Å². The van der Waals surface area contributed by atoms with E-state index in [1.807, 2.05) is 48.5 Å². The zero-order valence-electron chi connectivity index (χ0n) is 21.9. The molecule has 0 unspecified atom stereocenters. The summed E-state index contributed by atoms with van der Waals surface area (Å²) in [6.45, 7) is 0. The molecule has 2 nitrogen and oxygen atoms in total. The van der Waals surface area contributed by atoms with Gasteiger partial charge in [0.2, 0.25) is 0 Å². The normalized spacial score (nSPS) is 13.2. The lowest BCUT2D eigenvalue weighted by atomic mass is 10.00. The van der Waals surface area contributed by atoms with Gasteiger partial charge in [-0.25, -0.2) is 0 Å². The van der Waals surface area contributed by atoms with Crippen LogP contribution in [0.5, 0.6) is 0 Å². The molecule has 0 N–H and O–H groups in total. The van der Waals surface area contributed by atoms with Gasteiger partial charge < -0.3 is 4.90 Å². The Morgan fingerprint density at radius 1 is 0.425 bits per heavy atom. The highest BCUT2D eigenvalue weighted by Crippen LogP contribution is 2.40. The molecule has 7 rings (SSSR count). The summed E-state index contributed by atoms with van der Waals surface area (Å²) in [7, 11) is -2.69. The second kappa shape index (κ2) is 9.95. The quantitative estimate of drug-likeness (QED) is 0.199. The highest BCUT2D eigenvalue weighted by molar-refractivity contribution is 7.21. The van der Waals surface area contributed by atoms with Crippen molar-refractivity contribution in [3.05, 3.63) is 175 Å². The van der Waals surface area contributed by atoms with E-state index in [-0.39, 0.29) is 5.78 Å². The number of hydrogen-bond acceptors (Lipinski definition) is 2. The van der Waals surface area contributed by atoms with Crippen LogP contribution in [0.1, 0.15) is 15.9 Å². The largest absolute Gasteiger partial charge is 0.310 e. The number of carbonyl (C=O) groups excluding carboxylic acids is 1. The SMILES string of the molecule is O=C(c1ccccc1)c1ccccc1N1c2ccccc2[Si](c2ccccc2)(c2ccccc2)c2ccccc21. The molecule has 0 bridgehead atoms. The molecule has 0 amide bonds. The third-order valence-electron chi connectivity index (χ3n) is 7.94. The summed E-state index contributed by atoms with van der Waals surface area (Å²) in [5.41, 5.74) is 4.50. The molecule has 3 heteroatoms. The van der Waals surface area contributed by atoms with Crippen molar-refractivity contribution in [2.24, 2.45) is 0 Å². The highest BCUT2D eigenvalue weighted by Gasteiger charge is 2.48. The molecule has 190 valence electrons. The minimum absolute atomic E-state index is 0.0198. The van der Waals surface area contributed by atoms with E-state index in [9.17, 15) is 4.79 Å². The molecule has 0 saturated carbocycles. The first-order chi connectivity index (χ1) is 19.8. The van der Waals surface area contributed by atoms with Crippen LogP contribution in [0, 0.1) is 0 Å². The molecular formula is C37H27NOSi. The Kier molecular flexibility index (Phi) is 5.99. The molecule has 40 heavy (non-hydrogen) atoms. The van der Waals surface area contributed by atoms with E-state index in [2.05, 4.69) is 120 Å². The second-order valence-electron chi connectivity index (χ2n) is 10.1. The lowest BCUT2D eigenvalue weighted by molar-refractivity contribution is 0.103. The van der Waals surface area contributed by atoms with Gasteiger partial charge in [0.25, 0.3) is 0 Å². The molecule has 0 spiro atoms. The number of ketones is 1. The Hall–Kier alpha value is -4.99. The van der Waals surface area contributed by atoms with Gasteiger partial charge in [-0.3, -0.25) is 4.79 Å². The fourth-order valence-corrected chi connectivity index (χ4v) is 11.4.